The monoisotopic (exact) mass is 515 g/mol. The lowest BCUT2D eigenvalue weighted by Crippen LogP contribution is -2.39. The van der Waals surface area contributed by atoms with Crippen LogP contribution in [0.4, 0.5) is 0 Å². The summed E-state index contributed by atoms with van der Waals surface area (Å²) in [4.78, 5) is 4.67. The van der Waals surface area contributed by atoms with Crippen molar-refractivity contribution >= 4 is 29.9 Å². The summed E-state index contributed by atoms with van der Waals surface area (Å²) >= 11 is 0. The van der Waals surface area contributed by atoms with E-state index in [-0.39, 0.29) is 24.0 Å². The van der Waals surface area contributed by atoms with Crippen LogP contribution < -0.4 is 20.1 Å². The van der Waals surface area contributed by atoms with Crippen LogP contribution in [0.3, 0.4) is 0 Å². The summed E-state index contributed by atoms with van der Waals surface area (Å²) in [5.41, 5.74) is 2.35. The van der Waals surface area contributed by atoms with Crippen LogP contribution in [-0.4, -0.2) is 48.6 Å². The first-order chi connectivity index (χ1) is 13.7. The third-order valence-corrected chi connectivity index (χ3v) is 4.02. The Kier molecular flexibility index (Phi) is 12.2. The fraction of sp³-hybridized carbons (Fsp3) is 0.524. The third-order valence-electron chi connectivity index (χ3n) is 4.02. The lowest BCUT2D eigenvalue weighted by Gasteiger charge is -2.13. The average molecular weight is 515 g/mol. The fourth-order valence-electron chi connectivity index (χ4n) is 2.77. The molecule has 2 aromatic rings. The largest absolute Gasteiger partial charge is 0.490 e. The smallest absolute Gasteiger partial charge is 0.191 e. The Hall–Kier alpha value is -1.97. The summed E-state index contributed by atoms with van der Waals surface area (Å²) in [7, 11) is 0. The number of aromatic nitrogens is 2. The van der Waals surface area contributed by atoms with Crippen LogP contribution in [-0.2, 0) is 13.0 Å². The van der Waals surface area contributed by atoms with Crippen LogP contribution in [0.5, 0.6) is 11.5 Å². The first-order valence-corrected chi connectivity index (χ1v) is 10.1. The molecule has 0 radical (unpaired) electrons. The van der Waals surface area contributed by atoms with E-state index in [2.05, 4.69) is 33.7 Å². The molecule has 2 rings (SSSR count). The second-order valence-corrected chi connectivity index (χ2v) is 6.37. The molecule has 0 aliphatic carbocycles. The predicted octanol–water partition coefficient (Wildman–Crippen LogP) is 3.40. The zero-order chi connectivity index (χ0) is 20.2. The summed E-state index contributed by atoms with van der Waals surface area (Å²) in [6.45, 7) is 12.4. The van der Waals surface area contributed by atoms with E-state index in [1.807, 2.05) is 50.0 Å². The van der Waals surface area contributed by atoms with Gasteiger partial charge in [-0.15, -0.1) is 24.0 Å². The number of halogens is 1. The van der Waals surface area contributed by atoms with Gasteiger partial charge in [0.2, 0.25) is 0 Å². The van der Waals surface area contributed by atoms with Gasteiger partial charge in [-0.3, -0.25) is 9.67 Å². The molecule has 0 spiro atoms. The van der Waals surface area contributed by atoms with E-state index in [4.69, 9.17) is 9.47 Å². The predicted molar refractivity (Wildman–Crippen MR) is 129 cm³/mol. The van der Waals surface area contributed by atoms with Crippen molar-refractivity contribution in [3.63, 3.8) is 0 Å². The number of ether oxygens (including phenoxy) is 2. The van der Waals surface area contributed by atoms with Crippen LogP contribution >= 0.6 is 24.0 Å². The van der Waals surface area contributed by atoms with Gasteiger partial charge in [0.05, 0.1) is 26.0 Å². The molecule has 1 aromatic heterocycles. The lowest BCUT2D eigenvalue weighted by molar-refractivity contribution is 0.287. The Morgan fingerprint density at radius 2 is 1.86 bits per heavy atom. The van der Waals surface area contributed by atoms with Crippen LogP contribution in [0.1, 0.15) is 31.9 Å². The molecular formula is C21H34IN5O2. The van der Waals surface area contributed by atoms with Crippen molar-refractivity contribution in [1.29, 1.82) is 0 Å². The molecule has 0 aliphatic heterocycles. The summed E-state index contributed by atoms with van der Waals surface area (Å²) in [5.74, 6) is 2.41. The number of hydrogen-bond donors (Lipinski definition) is 2. The Labute approximate surface area is 191 Å². The van der Waals surface area contributed by atoms with E-state index >= 15 is 0 Å². The standard InChI is InChI=1S/C21H33N5O2.HI/c1-5-22-21(24-12-13-26-16-17(4)15-25-26)23-11-10-18-8-9-19(27-6-2)20(14-18)28-7-3;/h8-9,14-16H,5-7,10-13H2,1-4H3,(H2,22,23,24);1H. The van der Waals surface area contributed by atoms with Gasteiger partial charge in [-0.1, -0.05) is 6.07 Å². The summed E-state index contributed by atoms with van der Waals surface area (Å²) in [6.07, 6.45) is 4.74. The topological polar surface area (TPSA) is 72.7 Å². The molecule has 0 unspecified atom stereocenters. The van der Waals surface area contributed by atoms with E-state index in [1.165, 1.54) is 11.1 Å². The number of benzene rings is 1. The van der Waals surface area contributed by atoms with E-state index in [0.717, 1.165) is 43.5 Å². The molecule has 7 nitrogen and oxygen atoms in total. The van der Waals surface area contributed by atoms with Crippen molar-refractivity contribution in [2.75, 3.05) is 32.8 Å². The molecule has 0 bridgehead atoms. The van der Waals surface area contributed by atoms with E-state index < -0.39 is 0 Å². The highest BCUT2D eigenvalue weighted by molar-refractivity contribution is 14.0. The molecule has 0 amide bonds. The van der Waals surface area contributed by atoms with Gasteiger partial charge in [0.25, 0.3) is 0 Å². The minimum absolute atomic E-state index is 0. The van der Waals surface area contributed by atoms with E-state index in [1.54, 1.807) is 0 Å². The second kappa shape index (κ2) is 14.1. The number of aliphatic imine (C=N–C) groups is 1. The van der Waals surface area contributed by atoms with Gasteiger partial charge < -0.3 is 20.1 Å². The van der Waals surface area contributed by atoms with Crippen molar-refractivity contribution < 1.29 is 9.47 Å². The number of aryl methyl sites for hydroxylation is 1. The normalized spacial score (nSPS) is 11.0. The van der Waals surface area contributed by atoms with Crippen LogP contribution in [0.25, 0.3) is 0 Å². The summed E-state index contributed by atoms with van der Waals surface area (Å²) < 4.78 is 13.3. The Bertz CT molecular complexity index is 748. The minimum atomic E-state index is 0. The molecule has 0 saturated carbocycles. The average Bonchev–Trinajstić information content (AvgIpc) is 3.09. The van der Waals surface area contributed by atoms with Gasteiger partial charge >= 0.3 is 0 Å². The van der Waals surface area contributed by atoms with Crippen molar-refractivity contribution in [2.45, 2.75) is 40.7 Å². The zero-order valence-electron chi connectivity index (χ0n) is 17.9. The Morgan fingerprint density at radius 3 is 2.52 bits per heavy atom. The van der Waals surface area contributed by atoms with Gasteiger partial charge in [-0.2, -0.15) is 5.10 Å². The van der Waals surface area contributed by atoms with Crippen LogP contribution in [0.15, 0.2) is 35.6 Å². The maximum Gasteiger partial charge on any atom is 0.191 e. The molecule has 0 fully saturated rings. The van der Waals surface area contributed by atoms with E-state index in [0.29, 0.717) is 19.8 Å². The molecular weight excluding hydrogens is 481 g/mol. The second-order valence-electron chi connectivity index (χ2n) is 6.37. The van der Waals surface area contributed by atoms with Gasteiger partial charge in [-0.25, -0.2) is 0 Å². The molecule has 0 aliphatic rings. The van der Waals surface area contributed by atoms with Crippen LogP contribution in [0, 0.1) is 6.92 Å². The van der Waals surface area contributed by atoms with Gasteiger partial charge in [0, 0.05) is 25.8 Å². The van der Waals surface area contributed by atoms with E-state index in [9.17, 15) is 0 Å². The maximum absolute atomic E-state index is 5.70. The number of nitrogens with zero attached hydrogens (tertiary/aromatic N) is 3. The molecule has 1 heterocycles. The molecule has 162 valence electrons. The summed E-state index contributed by atoms with van der Waals surface area (Å²) in [6, 6.07) is 6.09. The molecule has 8 heteroatoms. The quantitative estimate of drug-likeness (QED) is 0.273. The number of rotatable bonds is 11. The molecule has 2 N–H and O–H groups in total. The van der Waals surface area contributed by atoms with Gasteiger partial charge in [0.15, 0.2) is 17.5 Å². The van der Waals surface area contributed by atoms with Crippen molar-refractivity contribution in [1.82, 2.24) is 20.4 Å². The number of guanidine groups is 1. The van der Waals surface area contributed by atoms with Crippen molar-refractivity contribution in [3.8, 4) is 11.5 Å². The highest BCUT2D eigenvalue weighted by atomic mass is 127. The zero-order valence-corrected chi connectivity index (χ0v) is 20.2. The first-order valence-electron chi connectivity index (χ1n) is 10.1. The molecule has 1 aromatic carbocycles. The minimum Gasteiger partial charge on any atom is -0.490 e. The van der Waals surface area contributed by atoms with Gasteiger partial charge in [0.1, 0.15) is 0 Å². The number of hydrogen-bond acceptors (Lipinski definition) is 4. The van der Waals surface area contributed by atoms with Crippen molar-refractivity contribution in [2.24, 2.45) is 4.99 Å². The molecule has 29 heavy (non-hydrogen) atoms. The molecule has 0 atom stereocenters. The highest BCUT2D eigenvalue weighted by Crippen LogP contribution is 2.28. The Morgan fingerprint density at radius 1 is 1.10 bits per heavy atom. The van der Waals surface area contributed by atoms with Crippen molar-refractivity contribution in [3.05, 3.63) is 41.7 Å². The van der Waals surface area contributed by atoms with Gasteiger partial charge in [-0.05, 0) is 57.4 Å². The first kappa shape index (κ1) is 25.1. The maximum atomic E-state index is 5.70. The summed E-state index contributed by atoms with van der Waals surface area (Å²) in [5, 5.41) is 10.9. The Balaban J connectivity index is 0.00000420. The highest BCUT2D eigenvalue weighted by Gasteiger charge is 2.06. The number of nitrogens with one attached hydrogen (secondary N) is 2. The van der Waals surface area contributed by atoms with Crippen LogP contribution in [0.2, 0.25) is 0 Å². The fourth-order valence-corrected chi connectivity index (χ4v) is 2.77. The SMILES string of the molecule is CCNC(=NCCc1ccc(OCC)c(OCC)c1)NCCn1cc(C)cn1.I. The molecule has 0 saturated heterocycles. The lowest BCUT2D eigenvalue weighted by atomic mass is 10.1. The third kappa shape index (κ3) is 8.93.